The summed E-state index contributed by atoms with van der Waals surface area (Å²) in [5, 5.41) is 11.2. The molecule has 3 rings (SSSR count). The van der Waals surface area contributed by atoms with Gasteiger partial charge in [-0.3, -0.25) is 14.4 Å². The van der Waals surface area contributed by atoms with E-state index in [1.807, 2.05) is 0 Å². The van der Waals surface area contributed by atoms with E-state index in [0.29, 0.717) is 28.0 Å². The summed E-state index contributed by atoms with van der Waals surface area (Å²) in [7, 11) is -0.768. The molecule has 1 heterocycles. The molecule has 1 aromatic heterocycles. The molecule has 0 fully saturated rings. The molecular weight excluding hydrogens is 468 g/mol. The number of benzene rings is 2. The second-order valence-corrected chi connectivity index (χ2v) is 11.4. The lowest BCUT2D eigenvalue weighted by atomic mass is 10.2. The number of amides is 1. The van der Waals surface area contributed by atoms with Crippen molar-refractivity contribution in [2.75, 3.05) is 29.5 Å². The number of carbonyl (C=O) groups excluding carboxylic acids is 1. The van der Waals surface area contributed by atoms with Crippen LogP contribution in [0, 0.1) is 5.92 Å². The minimum Gasteiger partial charge on any atom is -0.497 e. The van der Waals surface area contributed by atoms with Crippen molar-refractivity contribution >= 4 is 49.8 Å². The van der Waals surface area contributed by atoms with Crippen LogP contribution in [0.1, 0.15) is 24.2 Å². The molecule has 1 N–H and O–H groups in total. The smallest absolute Gasteiger partial charge is 0.264 e. The summed E-state index contributed by atoms with van der Waals surface area (Å²) in [5.74, 6) is 1.70. The number of rotatable bonds is 9. The monoisotopic (exact) mass is 492 g/mol. The van der Waals surface area contributed by atoms with E-state index >= 15 is 0 Å². The standard InChI is InChI=1S/C21H24N4O4S3/c1-14(2)13-30-21-24-23-20(31-21)22-19(26)15-5-7-16(8-6-15)25(3)32(27,28)18-11-9-17(29-4)10-12-18/h5-12,14H,13H2,1-4H3,(H,22,23,26). The second kappa shape index (κ2) is 10.3. The van der Waals surface area contributed by atoms with Gasteiger partial charge in [0.1, 0.15) is 5.75 Å². The van der Waals surface area contributed by atoms with Crippen LogP contribution in [-0.4, -0.2) is 44.4 Å². The minimum atomic E-state index is -3.75. The molecule has 11 heteroatoms. The van der Waals surface area contributed by atoms with Crippen LogP contribution >= 0.6 is 23.1 Å². The first-order valence-electron chi connectivity index (χ1n) is 9.71. The van der Waals surface area contributed by atoms with Gasteiger partial charge in [0.15, 0.2) is 4.34 Å². The number of anilines is 2. The molecule has 1 amide bonds. The van der Waals surface area contributed by atoms with Gasteiger partial charge in [-0.05, 0) is 54.4 Å². The molecule has 0 bridgehead atoms. The average Bonchev–Trinajstić information content (AvgIpc) is 3.24. The third kappa shape index (κ3) is 5.78. The topological polar surface area (TPSA) is 101 Å². The number of thioether (sulfide) groups is 1. The van der Waals surface area contributed by atoms with Gasteiger partial charge in [0.25, 0.3) is 15.9 Å². The summed E-state index contributed by atoms with van der Waals surface area (Å²) in [5.41, 5.74) is 0.816. The van der Waals surface area contributed by atoms with Crippen molar-refractivity contribution in [2.45, 2.75) is 23.1 Å². The van der Waals surface area contributed by atoms with Gasteiger partial charge in [-0.1, -0.05) is 36.9 Å². The highest BCUT2D eigenvalue weighted by Crippen LogP contribution is 2.28. The number of hydrogen-bond donors (Lipinski definition) is 1. The average molecular weight is 493 g/mol. The summed E-state index contributed by atoms with van der Waals surface area (Å²) in [6.45, 7) is 4.25. The summed E-state index contributed by atoms with van der Waals surface area (Å²) >= 11 is 2.93. The van der Waals surface area contributed by atoms with Crippen molar-refractivity contribution in [3.05, 3.63) is 54.1 Å². The molecule has 0 radical (unpaired) electrons. The predicted octanol–water partition coefficient (Wildman–Crippen LogP) is 4.37. The Balaban J connectivity index is 1.67. The third-order valence-electron chi connectivity index (χ3n) is 4.38. The molecular formula is C21H24N4O4S3. The third-order valence-corrected chi connectivity index (χ3v) is 8.58. The van der Waals surface area contributed by atoms with E-state index in [-0.39, 0.29) is 10.8 Å². The van der Waals surface area contributed by atoms with E-state index in [1.165, 1.54) is 41.9 Å². The van der Waals surface area contributed by atoms with Crippen molar-refractivity contribution in [3.63, 3.8) is 0 Å². The summed E-state index contributed by atoms with van der Waals surface area (Å²) < 4.78 is 32.8. The van der Waals surface area contributed by atoms with Gasteiger partial charge in [0, 0.05) is 18.4 Å². The Morgan fingerprint density at radius 3 is 2.38 bits per heavy atom. The second-order valence-electron chi connectivity index (χ2n) is 7.23. The molecule has 0 spiro atoms. The highest BCUT2D eigenvalue weighted by Gasteiger charge is 2.21. The zero-order valence-corrected chi connectivity index (χ0v) is 20.6. The lowest BCUT2D eigenvalue weighted by molar-refractivity contribution is 0.102. The number of ether oxygens (including phenoxy) is 1. The Bertz CT molecular complexity index is 1160. The van der Waals surface area contributed by atoms with Gasteiger partial charge in [-0.15, -0.1) is 10.2 Å². The first-order valence-corrected chi connectivity index (χ1v) is 13.0. The first kappa shape index (κ1) is 24.0. The van der Waals surface area contributed by atoms with Crippen LogP contribution in [-0.2, 0) is 10.0 Å². The maximum absolute atomic E-state index is 12.9. The highest BCUT2D eigenvalue weighted by molar-refractivity contribution is 8.01. The van der Waals surface area contributed by atoms with Crippen LogP contribution in [0.5, 0.6) is 5.75 Å². The Labute approximate surface area is 196 Å². The maximum Gasteiger partial charge on any atom is 0.264 e. The van der Waals surface area contributed by atoms with Crippen molar-refractivity contribution < 1.29 is 17.9 Å². The molecule has 32 heavy (non-hydrogen) atoms. The molecule has 0 saturated carbocycles. The Kier molecular flexibility index (Phi) is 7.75. The molecule has 0 unspecified atom stereocenters. The fraction of sp³-hybridized carbons (Fsp3) is 0.286. The first-order chi connectivity index (χ1) is 15.2. The number of carbonyl (C=O) groups is 1. The molecule has 0 aliphatic rings. The van der Waals surface area contributed by atoms with Crippen molar-refractivity contribution in [1.29, 1.82) is 0 Å². The van der Waals surface area contributed by atoms with Crippen LogP contribution in [0.2, 0.25) is 0 Å². The number of aromatic nitrogens is 2. The quantitative estimate of drug-likeness (QED) is 0.349. The van der Waals surface area contributed by atoms with Crippen LogP contribution in [0.15, 0.2) is 57.8 Å². The molecule has 0 aliphatic heterocycles. The molecule has 2 aromatic carbocycles. The van der Waals surface area contributed by atoms with E-state index in [2.05, 4.69) is 29.4 Å². The Morgan fingerprint density at radius 2 is 1.78 bits per heavy atom. The Hall–Kier alpha value is -2.63. The van der Waals surface area contributed by atoms with Gasteiger partial charge in [-0.2, -0.15) is 0 Å². The van der Waals surface area contributed by atoms with E-state index in [1.54, 1.807) is 48.2 Å². The molecule has 3 aromatic rings. The number of hydrogen-bond acceptors (Lipinski definition) is 8. The SMILES string of the molecule is COc1ccc(S(=O)(=O)N(C)c2ccc(C(=O)Nc3nnc(SCC(C)C)s3)cc2)cc1. The maximum atomic E-state index is 12.9. The minimum absolute atomic E-state index is 0.144. The van der Waals surface area contributed by atoms with Crippen LogP contribution in [0.3, 0.4) is 0 Å². The van der Waals surface area contributed by atoms with E-state index in [0.717, 1.165) is 10.1 Å². The van der Waals surface area contributed by atoms with E-state index in [9.17, 15) is 13.2 Å². The molecule has 0 aliphatic carbocycles. The fourth-order valence-corrected chi connectivity index (χ4v) is 5.51. The van der Waals surface area contributed by atoms with Crippen molar-refractivity contribution in [1.82, 2.24) is 10.2 Å². The number of sulfonamides is 1. The summed E-state index contributed by atoms with van der Waals surface area (Å²) in [4.78, 5) is 12.7. The largest absolute Gasteiger partial charge is 0.497 e. The zero-order valence-electron chi connectivity index (χ0n) is 18.1. The van der Waals surface area contributed by atoms with Crippen LogP contribution < -0.4 is 14.4 Å². The molecule has 0 atom stereocenters. The van der Waals surface area contributed by atoms with Crippen LogP contribution in [0.4, 0.5) is 10.8 Å². The van der Waals surface area contributed by atoms with Gasteiger partial charge >= 0.3 is 0 Å². The van der Waals surface area contributed by atoms with Gasteiger partial charge < -0.3 is 4.74 Å². The summed E-state index contributed by atoms with van der Waals surface area (Å²) in [6.07, 6.45) is 0. The zero-order chi connectivity index (χ0) is 23.3. The van der Waals surface area contributed by atoms with Gasteiger partial charge in [0.05, 0.1) is 17.7 Å². The normalized spacial score (nSPS) is 11.4. The van der Waals surface area contributed by atoms with Crippen molar-refractivity contribution in [3.8, 4) is 5.75 Å². The molecule has 8 nitrogen and oxygen atoms in total. The predicted molar refractivity (Wildman–Crippen MR) is 128 cm³/mol. The van der Waals surface area contributed by atoms with E-state index < -0.39 is 10.0 Å². The number of methoxy groups -OCH3 is 1. The van der Waals surface area contributed by atoms with Crippen LogP contribution in [0.25, 0.3) is 0 Å². The summed E-state index contributed by atoms with van der Waals surface area (Å²) in [6, 6.07) is 12.5. The Morgan fingerprint density at radius 1 is 1.12 bits per heavy atom. The number of nitrogens with zero attached hydrogens (tertiary/aromatic N) is 3. The lowest BCUT2D eigenvalue weighted by Gasteiger charge is -2.20. The highest BCUT2D eigenvalue weighted by atomic mass is 32.2. The van der Waals surface area contributed by atoms with Gasteiger partial charge in [-0.25, -0.2) is 8.42 Å². The van der Waals surface area contributed by atoms with E-state index in [4.69, 9.17) is 4.74 Å². The molecule has 0 saturated heterocycles. The van der Waals surface area contributed by atoms with Gasteiger partial charge in [0.2, 0.25) is 5.13 Å². The fourth-order valence-electron chi connectivity index (χ4n) is 2.59. The van der Waals surface area contributed by atoms with Crippen molar-refractivity contribution in [2.24, 2.45) is 5.92 Å². The number of nitrogens with one attached hydrogen (secondary N) is 1. The molecule has 170 valence electrons. The lowest BCUT2D eigenvalue weighted by Crippen LogP contribution is -2.26.